The lowest BCUT2D eigenvalue weighted by atomic mass is 9.68. The number of ether oxygens (including phenoxy) is 1. The number of aryl methyl sites for hydroxylation is 1. The maximum Gasteiger partial charge on any atom is 0.305 e. The summed E-state index contributed by atoms with van der Waals surface area (Å²) in [5, 5.41) is 13.2. The van der Waals surface area contributed by atoms with Gasteiger partial charge in [0, 0.05) is 38.8 Å². The van der Waals surface area contributed by atoms with Crippen LogP contribution in [0.4, 0.5) is 11.4 Å². The number of H-pyrrole nitrogens is 1. The minimum Gasteiger partial charge on any atom is -0.489 e. The molecule has 2 aliphatic heterocycles. The van der Waals surface area contributed by atoms with E-state index in [1.165, 1.54) is 11.0 Å². The number of carbonyl (C=O) groups is 2. The summed E-state index contributed by atoms with van der Waals surface area (Å²) in [4.78, 5) is 57.1. The van der Waals surface area contributed by atoms with Gasteiger partial charge in [-0.2, -0.15) is 0 Å². The van der Waals surface area contributed by atoms with Gasteiger partial charge in [-0.3, -0.25) is 29.4 Å². The molecule has 4 aromatic rings. The van der Waals surface area contributed by atoms with Crippen LogP contribution in [0, 0.1) is 46.6 Å². The molecule has 1 N–H and O–H groups in total. The number of imide groups is 1. The third-order valence-electron chi connectivity index (χ3n) is 9.86. The van der Waals surface area contributed by atoms with Crippen molar-refractivity contribution in [2.45, 2.75) is 36.1 Å². The van der Waals surface area contributed by atoms with Crippen molar-refractivity contribution in [3.05, 3.63) is 113 Å². The van der Waals surface area contributed by atoms with E-state index in [1.54, 1.807) is 48.2 Å². The minimum atomic E-state index is -0.504. The zero-order valence-corrected chi connectivity index (χ0v) is 26.2. The number of aromatic amines is 1. The highest BCUT2D eigenvalue weighted by molar-refractivity contribution is 8.00. The number of hydrogen-bond donors (Lipinski definition) is 1. The molecular formula is C33H26ClN3O6S2. The predicted octanol–water partition coefficient (Wildman–Crippen LogP) is 6.56. The molecule has 2 aliphatic carbocycles. The molecule has 1 saturated heterocycles. The van der Waals surface area contributed by atoms with E-state index in [0.717, 1.165) is 32.4 Å². The number of aromatic nitrogens is 1. The highest BCUT2D eigenvalue weighted by Crippen LogP contribution is 2.69. The molecule has 228 valence electrons. The second kappa shape index (κ2) is 10.6. The second-order valence-electron chi connectivity index (χ2n) is 12.2. The number of carbonyl (C=O) groups excluding carboxylic acids is 2. The molecule has 7 atom stereocenters. The van der Waals surface area contributed by atoms with Gasteiger partial charge in [0.1, 0.15) is 12.4 Å². The van der Waals surface area contributed by atoms with Crippen molar-refractivity contribution in [1.29, 1.82) is 0 Å². The van der Waals surface area contributed by atoms with E-state index < -0.39 is 22.7 Å². The van der Waals surface area contributed by atoms with Gasteiger partial charge in [-0.05, 0) is 67.0 Å². The largest absolute Gasteiger partial charge is 0.489 e. The van der Waals surface area contributed by atoms with Crippen LogP contribution in [-0.2, 0) is 16.2 Å². The van der Waals surface area contributed by atoms with Crippen molar-refractivity contribution in [2.24, 2.45) is 29.6 Å². The third-order valence-corrected chi connectivity index (χ3v) is 12.7. The fourth-order valence-electron chi connectivity index (χ4n) is 8.08. The number of non-ortho nitro benzene ring substituents is 1. The normalized spacial score (nSPS) is 27.8. The average Bonchev–Trinajstić information content (AvgIpc) is 3.76. The lowest BCUT2D eigenvalue weighted by Crippen LogP contribution is -2.42. The number of nitrogens with one attached hydrogen (secondary N) is 1. The molecule has 2 saturated carbocycles. The Morgan fingerprint density at radius 1 is 1.00 bits per heavy atom. The highest BCUT2D eigenvalue weighted by atomic mass is 35.5. The molecule has 0 unspecified atom stereocenters. The Balaban J connectivity index is 1.22. The Hall–Kier alpha value is -3.93. The van der Waals surface area contributed by atoms with Crippen LogP contribution < -0.4 is 14.5 Å². The maximum atomic E-state index is 14.0. The van der Waals surface area contributed by atoms with Gasteiger partial charge in [-0.25, -0.2) is 0 Å². The molecule has 45 heavy (non-hydrogen) atoms. The Morgan fingerprint density at radius 3 is 2.42 bits per heavy atom. The van der Waals surface area contributed by atoms with E-state index in [9.17, 15) is 24.5 Å². The standard InChI is InChI=1S/C33H26ClN3O6S2/c1-15-2-4-16(5-3-15)14-43-23-11-10-19(37(41)42)12-20(23)24-25-21-13-22(28(25)44-30-29(24)45-33(40)35-30)27-26(21)31(38)36(32(27)39)18-8-6-17(34)7-9-18/h2-12,21-22,24-28H,13-14H2,1H3,(H,35,40)/t21-,22-,24+,25+,26+,27+,28-/m1/s1. The number of benzene rings is 3. The van der Waals surface area contributed by atoms with E-state index in [-0.39, 0.29) is 52.0 Å². The van der Waals surface area contributed by atoms with Gasteiger partial charge in [0.2, 0.25) is 11.8 Å². The zero-order chi connectivity index (χ0) is 31.1. The number of nitro benzene ring substituents is 1. The fraction of sp³-hybridized carbons (Fsp3) is 0.303. The SMILES string of the molecule is Cc1ccc(COc2ccc([N+](=O)[O-])cc2[C@@H]2c3sc(=O)[nH]c3S[C@@H]3[C@@H]4C[C@@H]([C@@H]5C(=O)N(c6ccc(Cl)cc6)C(=O)[C@@H]45)[C@@H]23)cc1. The monoisotopic (exact) mass is 659 g/mol. The first-order valence-corrected chi connectivity index (χ1v) is 16.8. The number of nitro groups is 1. The number of thioether (sulfide) groups is 1. The average molecular weight is 660 g/mol. The first-order valence-electron chi connectivity index (χ1n) is 14.7. The smallest absolute Gasteiger partial charge is 0.305 e. The van der Waals surface area contributed by atoms with Gasteiger partial charge in [-0.15, -0.1) is 11.8 Å². The quantitative estimate of drug-likeness (QED) is 0.141. The lowest BCUT2D eigenvalue weighted by molar-refractivity contribution is -0.385. The van der Waals surface area contributed by atoms with Crippen molar-refractivity contribution in [3.8, 4) is 5.75 Å². The molecule has 2 amide bonds. The van der Waals surface area contributed by atoms with Crippen LogP contribution in [0.15, 0.2) is 76.6 Å². The summed E-state index contributed by atoms with van der Waals surface area (Å²) in [5.74, 6) is -1.67. The van der Waals surface area contributed by atoms with Gasteiger partial charge < -0.3 is 9.72 Å². The summed E-state index contributed by atoms with van der Waals surface area (Å²) in [6.45, 7) is 2.27. The van der Waals surface area contributed by atoms with E-state index in [4.69, 9.17) is 16.3 Å². The highest BCUT2D eigenvalue weighted by Gasteiger charge is 2.70. The first kappa shape index (κ1) is 28.5. The van der Waals surface area contributed by atoms with Crippen LogP contribution in [0.3, 0.4) is 0 Å². The van der Waals surface area contributed by atoms with Crippen LogP contribution >= 0.6 is 34.7 Å². The van der Waals surface area contributed by atoms with Crippen LogP contribution in [0.2, 0.25) is 5.02 Å². The molecule has 2 bridgehead atoms. The van der Waals surface area contributed by atoms with Gasteiger partial charge in [-0.1, -0.05) is 52.8 Å². The molecule has 12 heteroatoms. The number of thiazole rings is 1. The molecule has 3 fully saturated rings. The Bertz CT molecular complexity index is 1940. The van der Waals surface area contributed by atoms with Crippen LogP contribution in [0.5, 0.6) is 5.75 Å². The van der Waals surface area contributed by atoms with Gasteiger partial charge >= 0.3 is 4.87 Å². The topological polar surface area (TPSA) is 123 Å². The number of halogens is 1. The first-order chi connectivity index (χ1) is 21.7. The fourth-order valence-corrected chi connectivity index (χ4v) is 11.1. The molecule has 9 nitrogen and oxygen atoms in total. The van der Waals surface area contributed by atoms with E-state index in [0.29, 0.717) is 28.4 Å². The van der Waals surface area contributed by atoms with E-state index in [2.05, 4.69) is 4.98 Å². The van der Waals surface area contributed by atoms with Crippen molar-refractivity contribution < 1.29 is 19.2 Å². The Labute approximate surface area is 270 Å². The van der Waals surface area contributed by atoms with Crippen molar-refractivity contribution in [1.82, 2.24) is 4.98 Å². The van der Waals surface area contributed by atoms with Crippen LogP contribution in [0.1, 0.15) is 33.9 Å². The summed E-state index contributed by atoms with van der Waals surface area (Å²) >= 11 is 8.76. The summed E-state index contributed by atoms with van der Waals surface area (Å²) in [6.07, 6.45) is 0.702. The van der Waals surface area contributed by atoms with Crippen molar-refractivity contribution in [2.75, 3.05) is 4.90 Å². The molecule has 8 rings (SSSR count). The lowest BCUT2D eigenvalue weighted by Gasteiger charge is -2.43. The van der Waals surface area contributed by atoms with E-state index >= 15 is 0 Å². The minimum absolute atomic E-state index is 0.0647. The number of rotatable bonds is 6. The summed E-state index contributed by atoms with van der Waals surface area (Å²) in [5.41, 5.74) is 3.13. The van der Waals surface area contributed by atoms with Crippen molar-refractivity contribution in [3.63, 3.8) is 0 Å². The summed E-state index contributed by atoms with van der Waals surface area (Å²) in [6, 6.07) is 19.3. The molecular weight excluding hydrogens is 634 g/mol. The molecule has 3 heterocycles. The number of anilines is 1. The number of fused-ring (bicyclic) bond motifs is 9. The number of hydrogen-bond acceptors (Lipinski definition) is 8. The number of amides is 2. The third kappa shape index (κ3) is 4.46. The molecule has 0 spiro atoms. The predicted molar refractivity (Wildman–Crippen MR) is 171 cm³/mol. The molecule has 1 aromatic heterocycles. The zero-order valence-electron chi connectivity index (χ0n) is 23.8. The molecule has 0 radical (unpaired) electrons. The molecule has 4 aliphatic rings. The van der Waals surface area contributed by atoms with Crippen molar-refractivity contribution >= 4 is 57.9 Å². The van der Waals surface area contributed by atoms with E-state index in [1.807, 2.05) is 31.2 Å². The van der Waals surface area contributed by atoms with Gasteiger partial charge in [0.15, 0.2) is 0 Å². The Kier molecular flexibility index (Phi) is 6.70. The summed E-state index contributed by atoms with van der Waals surface area (Å²) < 4.78 is 6.36. The second-order valence-corrected chi connectivity index (χ2v) is 14.8. The molecule has 3 aromatic carbocycles. The van der Waals surface area contributed by atoms with Gasteiger partial charge in [0.05, 0.1) is 27.5 Å². The Morgan fingerprint density at radius 2 is 1.71 bits per heavy atom. The number of nitrogens with zero attached hydrogens (tertiary/aromatic N) is 2. The summed E-state index contributed by atoms with van der Waals surface area (Å²) in [7, 11) is 0. The van der Waals surface area contributed by atoms with Crippen LogP contribution in [-0.4, -0.2) is 27.0 Å². The van der Waals surface area contributed by atoms with Gasteiger partial charge in [0.25, 0.3) is 5.69 Å². The van der Waals surface area contributed by atoms with Crippen LogP contribution in [0.25, 0.3) is 0 Å². The maximum absolute atomic E-state index is 14.0.